The van der Waals surface area contributed by atoms with Crippen molar-refractivity contribution >= 4 is 5.78 Å². The van der Waals surface area contributed by atoms with Crippen LogP contribution < -0.4 is 5.73 Å². The van der Waals surface area contributed by atoms with E-state index in [-0.39, 0.29) is 11.7 Å². The Kier molecular flexibility index (Phi) is 5.19. The van der Waals surface area contributed by atoms with Gasteiger partial charge in [0.1, 0.15) is 0 Å². The zero-order valence-corrected chi connectivity index (χ0v) is 10.1. The van der Waals surface area contributed by atoms with Gasteiger partial charge in [-0.15, -0.1) is 0 Å². The highest BCUT2D eigenvalue weighted by Crippen LogP contribution is 2.11. The van der Waals surface area contributed by atoms with E-state index in [2.05, 4.69) is 18.8 Å². The van der Waals surface area contributed by atoms with Crippen LogP contribution in [0.4, 0.5) is 0 Å². The van der Waals surface area contributed by atoms with Crippen molar-refractivity contribution in [1.29, 1.82) is 0 Å². The number of rotatable bonds is 7. The Bertz CT molecular complexity index is 329. The van der Waals surface area contributed by atoms with Crippen LogP contribution in [0.3, 0.4) is 0 Å². The molecule has 0 saturated heterocycles. The minimum Gasteiger partial charge on any atom is -0.330 e. The van der Waals surface area contributed by atoms with Crippen molar-refractivity contribution < 1.29 is 4.79 Å². The summed E-state index contributed by atoms with van der Waals surface area (Å²) in [7, 11) is 0. The molecule has 1 unspecified atom stereocenters. The van der Waals surface area contributed by atoms with Crippen LogP contribution in [0.1, 0.15) is 43.7 Å². The maximum absolute atomic E-state index is 12.0. The number of Topliss-reactive ketones (excluding diaryl/α,β-unsaturated/α-hetero) is 1. The Morgan fingerprint density at radius 3 is 2.88 bits per heavy atom. The molecule has 1 aromatic heterocycles. The van der Waals surface area contributed by atoms with Crippen molar-refractivity contribution in [3.05, 3.63) is 18.2 Å². The molecule has 0 radical (unpaired) electrons. The summed E-state index contributed by atoms with van der Waals surface area (Å²) in [5.41, 5.74) is 5.60. The lowest BCUT2D eigenvalue weighted by Gasteiger charge is -2.11. The molecule has 1 rings (SSSR count). The molecule has 0 amide bonds. The number of imidazole rings is 1. The topological polar surface area (TPSA) is 60.9 Å². The van der Waals surface area contributed by atoms with Gasteiger partial charge in [0, 0.05) is 25.4 Å². The van der Waals surface area contributed by atoms with Gasteiger partial charge >= 0.3 is 0 Å². The lowest BCUT2D eigenvalue weighted by atomic mass is 9.99. The first-order valence-corrected chi connectivity index (χ1v) is 5.97. The summed E-state index contributed by atoms with van der Waals surface area (Å²) in [6, 6.07) is 0. The van der Waals surface area contributed by atoms with Crippen molar-refractivity contribution in [2.75, 3.05) is 6.54 Å². The van der Waals surface area contributed by atoms with Crippen LogP contribution in [0, 0.1) is 5.92 Å². The predicted octanol–water partition coefficient (Wildman–Crippen LogP) is 1.85. The van der Waals surface area contributed by atoms with Gasteiger partial charge in [-0.1, -0.05) is 20.3 Å². The summed E-state index contributed by atoms with van der Waals surface area (Å²) >= 11 is 0. The fourth-order valence-electron chi connectivity index (χ4n) is 1.73. The molecule has 2 N–H and O–H groups in total. The third-order valence-electron chi connectivity index (χ3n) is 2.81. The zero-order valence-electron chi connectivity index (χ0n) is 10.1. The van der Waals surface area contributed by atoms with Gasteiger partial charge in [-0.2, -0.15) is 0 Å². The number of ketones is 1. The van der Waals surface area contributed by atoms with Crippen molar-refractivity contribution in [1.82, 2.24) is 9.55 Å². The largest absolute Gasteiger partial charge is 0.330 e. The van der Waals surface area contributed by atoms with Gasteiger partial charge in [0.2, 0.25) is 0 Å². The Labute approximate surface area is 96.9 Å². The molecule has 0 aliphatic heterocycles. The smallest absolute Gasteiger partial charge is 0.198 e. The van der Waals surface area contributed by atoms with Crippen molar-refractivity contribution in [3.63, 3.8) is 0 Å². The van der Waals surface area contributed by atoms with E-state index in [1.54, 1.807) is 6.20 Å². The highest BCUT2D eigenvalue weighted by molar-refractivity contribution is 5.92. The SMILES string of the molecule is CCCn1ccnc1C(=O)CC(CC)CN. The van der Waals surface area contributed by atoms with Crippen LogP contribution in [0.25, 0.3) is 0 Å². The van der Waals surface area contributed by atoms with Crippen LogP contribution in [0.5, 0.6) is 0 Å². The fourth-order valence-corrected chi connectivity index (χ4v) is 1.73. The second kappa shape index (κ2) is 6.43. The number of carbonyl (C=O) groups is 1. The molecule has 0 aliphatic rings. The molecule has 0 bridgehead atoms. The Morgan fingerprint density at radius 2 is 2.31 bits per heavy atom. The molecule has 0 aliphatic carbocycles. The molecular formula is C12H21N3O. The van der Waals surface area contributed by atoms with Crippen LogP contribution in [0.15, 0.2) is 12.4 Å². The molecule has 0 saturated carbocycles. The predicted molar refractivity (Wildman–Crippen MR) is 64.3 cm³/mol. The second-order valence-electron chi connectivity index (χ2n) is 4.08. The summed E-state index contributed by atoms with van der Waals surface area (Å²) in [6.07, 6.45) is 6.00. The monoisotopic (exact) mass is 223 g/mol. The number of hydrogen-bond donors (Lipinski definition) is 1. The molecule has 16 heavy (non-hydrogen) atoms. The molecule has 1 aromatic rings. The molecule has 0 spiro atoms. The van der Waals surface area contributed by atoms with Gasteiger partial charge in [0.25, 0.3) is 0 Å². The standard InChI is InChI=1S/C12H21N3O/c1-3-6-15-7-5-14-12(15)11(16)8-10(4-2)9-13/h5,7,10H,3-4,6,8-9,13H2,1-2H3. The van der Waals surface area contributed by atoms with E-state index in [1.165, 1.54) is 0 Å². The minimum atomic E-state index is 0.107. The van der Waals surface area contributed by atoms with Crippen LogP contribution in [-0.4, -0.2) is 21.9 Å². The highest BCUT2D eigenvalue weighted by atomic mass is 16.1. The number of aromatic nitrogens is 2. The van der Waals surface area contributed by atoms with Gasteiger partial charge in [0.15, 0.2) is 11.6 Å². The molecule has 4 heteroatoms. The first kappa shape index (κ1) is 12.9. The average molecular weight is 223 g/mol. The lowest BCUT2D eigenvalue weighted by Crippen LogP contribution is -2.19. The number of aryl methyl sites for hydroxylation is 1. The molecule has 4 nitrogen and oxygen atoms in total. The van der Waals surface area contributed by atoms with Crippen molar-refractivity contribution in [2.24, 2.45) is 11.7 Å². The number of carbonyl (C=O) groups excluding carboxylic acids is 1. The lowest BCUT2D eigenvalue weighted by molar-refractivity contribution is 0.0946. The number of nitrogens with zero attached hydrogens (tertiary/aromatic N) is 2. The van der Waals surface area contributed by atoms with Crippen molar-refractivity contribution in [3.8, 4) is 0 Å². The van der Waals surface area contributed by atoms with Gasteiger partial charge < -0.3 is 10.3 Å². The first-order chi connectivity index (χ1) is 7.72. The Balaban J connectivity index is 2.68. The molecule has 1 atom stereocenters. The third kappa shape index (κ3) is 3.17. The molecule has 0 fully saturated rings. The van der Waals surface area contributed by atoms with E-state index in [0.29, 0.717) is 18.8 Å². The van der Waals surface area contributed by atoms with E-state index in [4.69, 9.17) is 5.73 Å². The zero-order chi connectivity index (χ0) is 12.0. The van der Waals surface area contributed by atoms with Gasteiger partial charge in [-0.05, 0) is 18.9 Å². The number of hydrogen-bond acceptors (Lipinski definition) is 3. The normalized spacial score (nSPS) is 12.7. The Morgan fingerprint density at radius 1 is 1.56 bits per heavy atom. The molecule has 1 heterocycles. The van der Waals surface area contributed by atoms with E-state index >= 15 is 0 Å². The Hall–Kier alpha value is -1.16. The average Bonchev–Trinajstić information content (AvgIpc) is 2.74. The summed E-state index contributed by atoms with van der Waals surface area (Å²) in [4.78, 5) is 16.1. The maximum atomic E-state index is 12.0. The van der Waals surface area contributed by atoms with E-state index in [1.807, 2.05) is 10.8 Å². The third-order valence-corrected chi connectivity index (χ3v) is 2.81. The van der Waals surface area contributed by atoms with E-state index in [9.17, 15) is 4.79 Å². The van der Waals surface area contributed by atoms with Crippen LogP contribution in [0.2, 0.25) is 0 Å². The molecule has 90 valence electrons. The van der Waals surface area contributed by atoms with E-state index < -0.39 is 0 Å². The molecule has 0 aromatic carbocycles. The van der Waals surface area contributed by atoms with Crippen molar-refractivity contribution in [2.45, 2.75) is 39.7 Å². The second-order valence-corrected chi connectivity index (χ2v) is 4.08. The quantitative estimate of drug-likeness (QED) is 0.718. The molecular weight excluding hydrogens is 202 g/mol. The maximum Gasteiger partial charge on any atom is 0.198 e. The first-order valence-electron chi connectivity index (χ1n) is 5.97. The summed E-state index contributed by atoms with van der Waals surface area (Å²) < 4.78 is 1.92. The van der Waals surface area contributed by atoms with Crippen LogP contribution in [-0.2, 0) is 6.54 Å². The van der Waals surface area contributed by atoms with Gasteiger partial charge in [-0.25, -0.2) is 4.98 Å². The number of nitrogens with two attached hydrogens (primary N) is 1. The summed E-state index contributed by atoms with van der Waals surface area (Å²) in [5.74, 6) is 0.962. The van der Waals surface area contributed by atoms with E-state index in [0.717, 1.165) is 19.4 Å². The fraction of sp³-hybridized carbons (Fsp3) is 0.667. The van der Waals surface area contributed by atoms with Gasteiger partial charge in [0.05, 0.1) is 0 Å². The minimum absolute atomic E-state index is 0.107. The summed E-state index contributed by atoms with van der Waals surface area (Å²) in [6.45, 7) is 5.56. The van der Waals surface area contributed by atoms with Gasteiger partial charge in [-0.3, -0.25) is 4.79 Å². The van der Waals surface area contributed by atoms with Crippen LogP contribution >= 0.6 is 0 Å². The highest BCUT2D eigenvalue weighted by Gasteiger charge is 2.16. The summed E-state index contributed by atoms with van der Waals surface area (Å²) in [5, 5.41) is 0.